The van der Waals surface area contributed by atoms with Crippen LogP contribution in [0.25, 0.3) is 10.2 Å². The Bertz CT molecular complexity index is 1140. The minimum Gasteiger partial charge on any atom is -0.488 e. The smallest absolute Gasteiger partial charge is 0.348 e. The zero-order chi connectivity index (χ0) is 21.5. The standard InChI is InChI=1S/C21H20FN3O5S/c1-10-17-19(23-8-24-20(17)31-18(10)21(26)27-2)25-13-4-3-11(22)5-14(13)30-12-6-15-16(7-12)29-9-28-15/h3-5,8,12,15-16H,6-7,9H2,1-2H3,(H,23,24,25)/t12-,15+,16-. The number of benzene rings is 1. The highest BCUT2D eigenvalue weighted by molar-refractivity contribution is 7.20. The van der Waals surface area contributed by atoms with E-state index in [-0.39, 0.29) is 18.3 Å². The second kappa shape index (κ2) is 8.03. The molecule has 0 amide bonds. The van der Waals surface area contributed by atoms with Crippen molar-refractivity contribution < 1.29 is 28.1 Å². The van der Waals surface area contributed by atoms with Gasteiger partial charge in [0.15, 0.2) is 0 Å². The van der Waals surface area contributed by atoms with Crippen molar-refractivity contribution in [3.63, 3.8) is 0 Å². The molecule has 2 aliphatic rings. The predicted octanol–water partition coefficient (Wildman–Crippen LogP) is 3.95. The SMILES string of the molecule is COC(=O)c1sc2ncnc(Nc3ccc(F)cc3O[C@@H]3C[C@@H]4OCO[C@@H]4C3)c2c1C. The lowest BCUT2D eigenvalue weighted by atomic mass is 10.2. The van der Waals surface area contributed by atoms with E-state index in [1.54, 1.807) is 6.07 Å². The van der Waals surface area contributed by atoms with Gasteiger partial charge in [-0.1, -0.05) is 0 Å². The van der Waals surface area contributed by atoms with E-state index in [9.17, 15) is 9.18 Å². The molecule has 0 radical (unpaired) electrons. The van der Waals surface area contributed by atoms with Crippen molar-refractivity contribution in [2.75, 3.05) is 19.2 Å². The van der Waals surface area contributed by atoms with Crippen LogP contribution < -0.4 is 10.1 Å². The summed E-state index contributed by atoms with van der Waals surface area (Å²) in [5.41, 5.74) is 1.28. The van der Waals surface area contributed by atoms with Crippen molar-refractivity contribution in [3.8, 4) is 5.75 Å². The van der Waals surface area contributed by atoms with Crippen molar-refractivity contribution in [3.05, 3.63) is 40.8 Å². The summed E-state index contributed by atoms with van der Waals surface area (Å²) in [5.74, 6) is 0.0466. The summed E-state index contributed by atoms with van der Waals surface area (Å²) in [5, 5.41) is 3.94. The maximum atomic E-state index is 14.0. The minimum absolute atomic E-state index is 0.0154. The first kappa shape index (κ1) is 20.1. The number of nitrogens with one attached hydrogen (secondary N) is 1. The van der Waals surface area contributed by atoms with E-state index < -0.39 is 11.8 Å². The molecule has 3 aromatic rings. The second-order valence-electron chi connectivity index (χ2n) is 7.46. The third-order valence-corrected chi connectivity index (χ3v) is 6.74. The van der Waals surface area contributed by atoms with E-state index in [2.05, 4.69) is 15.3 Å². The van der Waals surface area contributed by atoms with Crippen LogP contribution in [-0.4, -0.2) is 48.2 Å². The van der Waals surface area contributed by atoms with E-state index in [1.807, 2.05) is 6.92 Å². The Balaban J connectivity index is 1.46. The van der Waals surface area contributed by atoms with Gasteiger partial charge in [0.1, 0.15) is 46.3 Å². The third-order valence-electron chi connectivity index (χ3n) is 5.56. The van der Waals surface area contributed by atoms with Gasteiger partial charge >= 0.3 is 5.97 Å². The average molecular weight is 445 g/mol. The lowest BCUT2D eigenvalue weighted by Gasteiger charge is -2.18. The summed E-state index contributed by atoms with van der Waals surface area (Å²) in [6.45, 7) is 2.13. The van der Waals surface area contributed by atoms with Crippen LogP contribution in [0.2, 0.25) is 0 Å². The second-order valence-corrected chi connectivity index (χ2v) is 8.45. The number of carbonyl (C=O) groups is 1. The zero-order valence-corrected chi connectivity index (χ0v) is 17.7. The number of fused-ring (bicyclic) bond motifs is 2. The molecule has 0 bridgehead atoms. The minimum atomic E-state index is -0.423. The Hall–Kier alpha value is -2.82. The molecule has 1 saturated heterocycles. The molecule has 3 atom stereocenters. The monoisotopic (exact) mass is 445 g/mol. The number of aromatic nitrogens is 2. The van der Waals surface area contributed by atoms with Crippen molar-refractivity contribution in [2.45, 2.75) is 38.1 Å². The number of aryl methyl sites for hydroxylation is 1. The van der Waals surface area contributed by atoms with Gasteiger partial charge in [-0.3, -0.25) is 0 Å². The lowest BCUT2D eigenvalue weighted by molar-refractivity contribution is 0.0123. The summed E-state index contributed by atoms with van der Waals surface area (Å²) in [6, 6.07) is 4.30. The van der Waals surface area contributed by atoms with Crippen LogP contribution in [0.3, 0.4) is 0 Å². The number of rotatable bonds is 5. The van der Waals surface area contributed by atoms with Crippen LogP contribution in [0.1, 0.15) is 28.1 Å². The maximum Gasteiger partial charge on any atom is 0.348 e. The van der Waals surface area contributed by atoms with Crippen LogP contribution >= 0.6 is 11.3 Å². The fourth-order valence-electron chi connectivity index (χ4n) is 4.04. The summed E-state index contributed by atoms with van der Waals surface area (Å²) < 4.78 is 36.1. The first-order valence-corrected chi connectivity index (χ1v) is 10.6. The number of anilines is 2. The molecular formula is C21H20FN3O5S. The molecule has 1 aromatic carbocycles. The quantitative estimate of drug-likeness (QED) is 0.591. The van der Waals surface area contributed by atoms with Crippen molar-refractivity contribution in [1.82, 2.24) is 9.97 Å². The fourth-order valence-corrected chi connectivity index (χ4v) is 5.10. The Morgan fingerprint density at radius 2 is 2.03 bits per heavy atom. The Labute approximate surface area is 181 Å². The van der Waals surface area contributed by atoms with Gasteiger partial charge in [0.2, 0.25) is 0 Å². The van der Waals surface area contributed by atoms with E-state index >= 15 is 0 Å². The molecule has 0 spiro atoms. The zero-order valence-electron chi connectivity index (χ0n) is 16.9. The average Bonchev–Trinajstić information content (AvgIpc) is 3.43. The van der Waals surface area contributed by atoms with Gasteiger partial charge in [-0.15, -0.1) is 11.3 Å². The highest BCUT2D eigenvalue weighted by Gasteiger charge is 2.41. The Morgan fingerprint density at radius 1 is 1.26 bits per heavy atom. The molecule has 31 heavy (non-hydrogen) atoms. The van der Waals surface area contributed by atoms with Gasteiger partial charge in [-0.05, 0) is 24.6 Å². The molecule has 1 aliphatic heterocycles. The van der Waals surface area contributed by atoms with Crippen LogP contribution in [0, 0.1) is 12.7 Å². The number of carbonyl (C=O) groups excluding carboxylic acids is 1. The molecule has 8 nitrogen and oxygen atoms in total. The molecule has 0 unspecified atom stereocenters. The van der Waals surface area contributed by atoms with E-state index in [0.29, 0.717) is 52.0 Å². The largest absolute Gasteiger partial charge is 0.488 e. The number of hydrogen-bond donors (Lipinski definition) is 1. The molecule has 10 heteroatoms. The van der Waals surface area contributed by atoms with Crippen molar-refractivity contribution >= 4 is 39.0 Å². The number of halogens is 1. The lowest BCUT2D eigenvalue weighted by Crippen LogP contribution is -2.16. The van der Waals surface area contributed by atoms with E-state index in [1.165, 1.54) is 36.9 Å². The fraction of sp³-hybridized carbons (Fsp3) is 0.381. The summed E-state index contributed by atoms with van der Waals surface area (Å²) in [4.78, 5) is 21.8. The van der Waals surface area contributed by atoms with Gasteiger partial charge in [-0.25, -0.2) is 19.2 Å². The summed E-state index contributed by atoms with van der Waals surface area (Å²) >= 11 is 1.24. The molecule has 1 N–H and O–H groups in total. The van der Waals surface area contributed by atoms with Gasteiger partial charge in [0.25, 0.3) is 0 Å². The van der Waals surface area contributed by atoms with Gasteiger partial charge in [0.05, 0.1) is 30.4 Å². The number of ether oxygens (including phenoxy) is 4. The first-order valence-electron chi connectivity index (χ1n) is 9.82. The maximum absolute atomic E-state index is 14.0. The van der Waals surface area contributed by atoms with Crippen molar-refractivity contribution in [1.29, 1.82) is 0 Å². The molecule has 1 saturated carbocycles. The molecule has 1 aliphatic carbocycles. The number of nitrogens with zero attached hydrogens (tertiary/aromatic N) is 2. The third kappa shape index (κ3) is 3.71. The summed E-state index contributed by atoms with van der Waals surface area (Å²) in [7, 11) is 1.34. The number of esters is 1. The number of thiophene rings is 1. The van der Waals surface area contributed by atoms with Gasteiger partial charge in [0, 0.05) is 18.9 Å². The molecule has 2 aromatic heterocycles. The first-order chi connectivity index (χ1) is 15.0. The van der Waals surface area contributed by atoms with E-state index in [4.69, 9.17) is 18.9 Å². The van der Waals surface area contributed by atoms with Crippen LogP contribution in [0.5, 0.6) is 5.75 Å². The molecule has 162 valence electrons. The molecular weight excluding hydrogens is 425 g/mol. The highest BCUT2D eigenvalue weighted by atomic mass is 32.1. The Morgan fingerprint density at radius 3 is 2.77 bits per heavy atom. The van der Waals surface area contributed by atoms with Crippen molar-refractivity contribution in [2.24, 2.45) is 0 Å². The normalized spacial score (nSPS) is 22.5. The summed E-state index contributed by atoms with van der Waals surface area (Å²) in [6.07, 6.45) is 2.67. The van der Waals surface area contributed by atoms with Crippen LogP contribution in [0.15, 0.2) is 24.5 Å². The molecule has 2 fully saturated rings. The number of hydrogen-bond acceptors (Lipinski definition) is 9. The van der Waals surface area contributed by atoms with Gasteiger partial charge < -0.3 is 24.3 Å². The predicted molar refractivity (Wildman–Crippen MR) is 111 cm³/mol. The van der Waals surface area contributed by atoms with Crippen LogP contribution in [-0.2, 0) is 14.2 Å². The molecule has 5 rings (SSSR count). The van der Waals surface area contributed by atoms with Crippen LogP contribution in [0.4, 0.5) is 15.9 Å². The number of methoxy groups -OCH3 is 1. The molecule has 3 heterocycles. The highest BCUT2D eigenvalue weighted by Crippen LogP contribution is 2.38. The van der Waals surface area contributed by atoms with Gasteiger partial charge in [-0.2, -0.15) is 0 Å². The topological polar surface area (TPSA) is 91.8 Å². The Kier molecular flexibility index (Phi) is 5.20. The van der Waals surface area contributed by atoms with E-state index in [0.717, 1.165) is 5.56 Å².